The number of nitro groups is 1. The number of hydrogen-bond acceptors (Lipinski definition) is 6. The van der Waals surface area contributed by atoms with E-state index in [1.54, 1.807) is 0 Å². The zero-order valence-corrected chi connectivity index (χ0v) is 7.75. The second-order valence-electron chi connectivity index (χ2n) is 3.10. The molecule has 0 aliphatic carbocycles. The van der Waals surface area contributed by atoms with Crippen molar-refractivity contribution in [2.24, 2.45) is 10.9 Å². The Labute approximate surface area is 84.6 Å². The van der Waals surface area contributed by atoms with E-state index < -0.39 is 4.92 Å². The van der Waals surface area contributed by atoms with E-state index in [0.29, 0.717) is 24.4 Å². The normalized spacial score (nSPS) is 19.8. The van der Waals surface area contributed by atoms with Crippen LogP contribution in [0.2, 0.25) is 0 Å². The second-order valence-corrected chi connectivity index (χ2v) is 3.10. The second kappa shape index (κ2) is 3.70. The molecule has 7 heteroatoms. The predicted octanol–water partition coefficient (Wildman–Crippen LogP) is 0.639. The molecule has 15 heavy (non-hydrogen) atoms. The summed E-state index contributed by atoms with van der Waals surface area (Å²) in [5.41, 5.74) is 5.94. The number of rotatable bonds is 3. The third-order valence-corrected chi connectivity index (χ3v) is 2.05. The molecule has 1 unspecified atom stereocenters. The molecule has 0 amide bonds. The Morgan fingerprint density at radius 3 is 3.00 bits per heavy atom. The Balaban J connectivity index is 2.14. The molecule has 7 nitrogen and oxygen atoms in total. The van der Waals surface area contributed by atoms with Crippen molar-refractivity contribution in [1.29, 1.82) is 0 Å². The van der Waals surface area contributed by atoms with Crippen molar-refractivity contribution in [3.05, 3.63) is 28.0 Å². The molecular weight excluding hydrogens is 202 g/mol. The fraction of sp³-hybridized carbons (Fsp3) is 0.375. The highest BCUT2D eigenvalue weighted by molar-refractivity contribution is 5.99. The number of nitrogens with zero attached hydrogens (tertiary/aromatic N) is 2. The SMILES string of the molecule is NCC1CC(c2ccc([N+](=O)[O-])o2)=NO1. The molecular formula is C8H9N3O4. The third-order valence-electron chi connectivity index (χ3n) is 2.05. The Hall–Kier alpha value is -1.89. The molecule has 0 saturated heterocycles. The molecule has 2 N–H and O–H groups in total. The first-order chi connectivity index (χ1) is 7.20. The van der Waals surface area contributed by atoms with Gasteiger partial charge in [0, 0.05) is 13.0 Å². The molecule has 0 fully saturated rings. The van der Waals surface area contributed by atoms with E-state index in [-0.39, 0.29) is 12.0 Å². The molecule has 1 aliphatic heterocycles. The van der Waals surface area contributed by atoms with E-state index in [9.17, 15) is 10.1 Å². The van der Waals surface area contributed by atoms with Gasteiger partial charge in [-0.3, -0.25) is 10.1 Å². The lowest BCUT2D eigenvalue weighted by molar-refractivity contribution is -0.402. The Kier molecular flexibility index (Phi) is 2.38. The van der Waals surface area contributed by atoms with E-state index in [2.05, 4.69) is 5.16 Å². The van der Waals surface area contributed by atoms with Crippen LogP contribution in [0.4, 0.5) is 5.88 Å². The van der Waals surface area contributed by atoms with Gasteiger partial charge < -0.3 is 15.0 Å². The molecule has 0 spiro atoms. The summed E-state index contributed by atoms with van der Waals surface area (Å²) in [6.45, 7) is 0.357. The fourth-order valence-electron chi connectivity index (χ4n) is 1.28. The van der Waals surface area contributed by atoms with Crippen LogP contribution in [0.3, 0.4) is 0 Å². The smallest absolute Gasteiger partial charge is 0.399 e. The van der Waals surface area contributed by atoms with Crippen molar-refractivity contribution in [2.45, 2.75) is 12.5 Å². The van der Waals surface area contributed by atoms with Crippen LogP contribution in [0.5, 0.6) is 0 Å². The van der Waals surface area contributed by atoms with Crippen LogP contribution in [0.1, 0.15) is 12.2 Å². The van der Waals surface area contributed by atoms with Gasteiger partial charge in [-0.15, -0.1) is 0 Å². The monoisotopic (exact) mass is 211 g/mol. The summed E-state index contributed by atoms with van der Waals surface area (Å²) >= 11 is 0. The number of nitrogens with two attached hydrogens (primary N) is 1. The van der Waals surface area contributed by atoms with Crippen LogP contribution >= 0.6 is 0 Å². The zero-order valence-electron chi connectivity index (χ0n) is 7.75. The maximum absolute atomic E-state index is 10.4. The van der Waals surface area contributed by atoms with Crippen LogP contribution < -0.4 is 5.73 Å². The topological polar surface area (TPSA) is 104 Å². The van der Waals surface area contributed by atoms with E-state index in [4.69, 9.17) is 15.0 Å². The molecule has 1 atom stereocenters. The molecule has 1 aromatic heterocycles. The van der Waals surface area contributed by atoms with Gasteiger partial charge in [-0.25, -0.2) is 0 Å². The standard InChI is InChI=1S/C8H9N3O4/c9-4-5-3-6(10-15-5)7-1-2-8(14-7)11(12)13/h1-2,5H,3-4,9H2. The minimum atomic E-state index is -0.597. The lowest BCUT2D eigenvalue weighted by Crippen LogP contribution is -2.19. The van der Waals surface area contributed by atoms with Gasteiger partial charge in [0.05, 0.1) is 6.07 Å². The lowest BCUT2D eigenvalue weighted by atomic mass is 10.1. The molecule has 0 saturated carbocycles. The number of hydrogen-bond donors (Lipinski definition) is 1. The number of furan rings is 1. The van der Waals surface area contributed by atoms with Gasteiger partial charge in [0.15, 0.2) is 5.76 Å². The molecule has 0 aromatic carbocycles. The first kappa shape index (κ1) is 9.66. The summed E-state index contributed by atoms with van der Waals surface area (Å²) < 4.78 is 4.97. The summed E-state index contributed by atoms with van der Waals surface area (Å²) in [6.07, 6.45) is 0.352. The van der Waals surface area contributed by atoms with E-state index in [1.165, 1.54) is 12.1 Å². The highest BCUT2D eigenvalue weighted by Gasteiger charge is 2.24. The van der Waals surface area contributed by atoms with Gasteiger partial charge in [-0.2, -0.15) is 0 Å². The summed E-state index contributed by atoms with van der Waals surface area (Å²) in [5.74, 6) is 0.0570. The van der Waals surface area contributed by atoms with Crippen molar-refractivity contribution in [3.8, 4) is 0 Å². The summed E-state index contributed by atoms with van der Waals surface area (Å²) in [7, 11) is 0. The third kappa shape index (κ3) is 1.82. The average Bonchev–Trinajstić information content (AvgIpc) is 2.86. The van der Waals surface area contributed by atoms with Gasteiger partial charge in [0.25, 0.3) is 0 Å². The first-order valence-electron chi connectivity index (χ1n) is 4.38. The first-order valence-corrected chi connectivity index (χ1v) is 4.38. The molecule has 80 valence electrons. The van der Waals surface area contributed by atoms with Crippen LogP contribution in [0.25, 0.3) is 0 Å². The van der Waals surface area contributed by atoms with Crippen LogP contribution in [0.15, 0.2) is 21.7 Å². The van der Waals surface area contributed by atoms with Gasteiger partial charge in [0.1, 0.15) is 16.7 Å². The van der Waals surface area contributed by atoms with Gasteiger partial charge in [-0.05, 0) is 6.07 Å². The van der Waals surface area contributed by atoms with Crippen molar-refractivity contribution < 1.29 is 14.2 Å². The molecule has 1 aromatic rings. The van der Waals surface area contributed by atoms with Crippen molar-refractivity contribution in [1.82, 2.24) is 0 Å². The van der Waals surface area contributed by atoms with E-state index in [0.717, 1.165) is 0 Å². The number of oxime groups is 1. The molecule has 0 radical (unpaired) electrons. The minimum absolute atomic E-state index is 0.163. The fourth-order valence-corrected chi connectivity index (χ4v) is 1.28. The van der Waals surface area contributed by atoms with E-state index in [1.807, 2.05) is 0 Å². The Morgan fingerprint density at radius 2 is 2.47 bits per heavy atom. The molecule has 2 rings (SSSR count). The average molecular weight is 211 g/mol. The Bertz CT molecular complexity index is 412. The molecule has 0 bridgehead atoms. The van der Waals surface area contributed by atoms with Gasteiger partial charge in [0.2, 0.25) is 0 Å². The van der Waals surface area contributed by atoms with Crippen molar-refractivity contribution in [3.63, 3.8) is 0 Å². The van der Waals surface area contributed by atoms with Crippen LogP contribution in [-0.2, 0) is 4.84 Å². The van der Waals surface area contributed by atoms with Crippen LogP contribution in [0, 0.1) is 10.1 Å². The zero-order chi connectivity index (χ0) is 10.8. The van der Waals surface area contributed by atoms with Crippen LogP contribution in [-0.4, -0.2) is 23.3 Å². The molecule has 2 heterocycles. The highest BCUT2D eigenvalue weighted by atomic mass is 16.7. The Morgan fingerprint density at radius 1 is 1.67 bits per heavy atom. The van der Waals surface area contributed by atoms with Gasteiger partial charge >= 0.3 is 5.88 Å². The summed E-state index contributed by atoms with van der Waals surface area (Å²) in [5, 5.41) is 14.1. The lowest BCUT2D eigenvalue weighted by Gasteiger charge is -2.00. The van der Waals surface area contributed by atoms with Gasteiger partial charge in [-0.1, -0.05) is 5.16 Å². The quantitative estimate of drug-likeness (QED) is 0.583. The molecule has 1 aliphatic rings. The summed E-state index contributed by atoms with van der Waals surface area (Å²) in [6, 6.07) is 2.78. The largest absolute Gasteiger partial charge is 0.433 e. The maximum atomic E-state index is 10.4. The van der Waals surface area contributed by atoms with E-state index >= 15 is 0 Å². The summed E-state index contributed by atoms with van der Waals surface area (Å²) in [4.78, 5) is 14.7. The maximum Gasteiger partial charge on any atom is 0.433 e. The van der Waals surface area contributed by atoms with Crippen molar-refractivity contribution in [2.75, 3.05) is 6.54 Å². The predicted molar refractivity (Wildman–Crippen MR) is 50.4 cm³/mol. The van der Waals surface area contributed by atoms with Crippen molar-refractivity contribution >= 4 is 11.6 Å². The highest BCUT2D eigenvalue weighted by Crippen LogP contribution is 2.21. The minimum Gasteiger partial charge on any atom is -0.399 e.